The molecular weight excluding hydrogens is 498 g/mol. The first-order chi connectivity index (χ1) is 16.1. The number of carbonyl (C=O) groups is 1. The molecule has 35 heavy (non-hydrogen) atoms. The van der Waals surface area contributed by atoms with E-state index in [1.54, 1.807) is 27.7 Å². The van der Waals surface area contributed by atoms with Crippen molar-refractivity contribution >= 4 is 27.3 Å². The molecule has 0 bridgehead atoms. The first-order valence-corrected chi connectivity index (χ1v) is 13.2. The largest absolute Gasteiger partial charge is 0.459 e. The molecule has 0 saturated heterocycles. The molecule has 0 aliphatic heterocycles. The zero-order chi connectivity index (χ0) is 25.8. The Kier molecular flexibility index (Phi) is 6.18. The molecule has 0 amide bonds. The summed E-state index contributed by atoms with van der Waals surface area (Å²) in [5, 5.41) is 3.63. The number of halogens is 2. The van der Waals surface area contributed by atoms with Gasteiger partial charge in [0.1, 0.15) is 21.0 Å². The third-order valence-corrected chi connectivity index (χ3v) is 8.92. The number of hydrogen-bond acceptors (Lipinski definition) is 7. The van der Waals surface area contributed by atoms with Gasteiger partial charge in [-0.25, -0.2) is 13.2 Å². The van der Waals surface area contributed by atoms with E-state index in [1.165, 1.54) is 12.1 Å². The Bertz CT molecular complexity index is 1340. The normalized spacial score (nSPS) is 22.7. The first kappa shape index (κ1) is 25.5. The van der Waals surface area contributed by atoms with E-state index in [0.29, 0.717) is 11.8 Å². The molecule has 11 heteroatoms. The van der Waals surface area contributed by atoms with Gasteiger partial charge in [0.2, 0.25) is 5.76 Å². The first-order valence-electron chi connectivity index (χ1n) is 10.9. The summed E-state index contributed by atoms with van der Waals surface area (Å²) in [6, 6.07) is 13.1. The molecule has 188 valence electrons. The van der Waals surface area contributed by atoms with E-state index in [9.17, 15) is 22.0 Å². The summed E-state index contributed by atoms with van der Waals surface area (Å²) in [6.07, 6.45) is 0. The minimum atomic E-state index is -4.18. The maximum absolute atomic E-state index is 13.5. The van der Waals surface area contributed by atoms with Crippen molar-refractivity contribution < 1.29 is 31.3 Å². The predicted octanol–water partition coefficient (Wildman–Crippen LogP) is 5.31. The van der Waals surface area contributed by atoms with Crippen LogP contribution in [0.1, 0.15) is 51.9 Å². The van der Waals surface area contributed by atoms with E-state index >= 15 is 0 Å². The van der Waals surface area contributed by atoms with Gasteiger partial charge in [-0.2, -0.15) is 13.5 Å². The van der Waals surface area contributed by atoms with Crippen molar-refractivity contribution in [3.8, 4) is 10.6 Å². The molecule has 1 aromatic carbocycles. The molecule has 1 fully saturated rings. The fourth-order valence-electron chi connectivity index (χ4n) is 4.12. The highest BCUT2D eigenvalue weighted by Crippen LogP contribution is 2.59. The summed E-state index contributed by atoms with van der Waals surface area (Å²) < 4.78 is 66.7. The molecule has 4 rings (SSSR count). The lowest BCUT2D eigenvalue weighted by molar-refractivity contribution is -0.158. The van der Waals surface area contributed by atoms with Crippen molar-refractivity contribution in [1.82, 2.24) is 9.88 Å². The molecule has 3 aromatic rings. The Labute approximate surface area is 206 Å². The van der Waals surface area contributed by atoms with Crippen LogP contribution in [0, 0.1) is 5.92 Å². The summed E-state index contributed by atoms with van der Waals surface area (Å²) in [7, 11) is -4.18. The number of nitrogens with zero attached hydrogens (tertiary/aromatic N) is 1. The van der Waals surface area contributed by atoms with Gasteiger partial charge in [0.15, 0.2) is 0 Å². The molecule has 1 saturated carbocycles. The highest BCUT2D eigenvalue weighted by molar-refractivity contribution is 7.91. The van der Waals surface area contributed by atoms with E-state index in [4.69, 9.17) is 9.26 Å². The summed E-state index contributed by atoms with van der Waals surface area (Å²) in [5.41, 5.74) is -1.39. The number of sulfonamides is 1. The smallest absolute Gasteiger partial charge is 0.328 e. The maximum Gasteiger partial charge on any atom is 0.328 e. The topological polar surface area (TPSA) is 98.5 Å². The number of ether oxygens (including phenoxy) is 1. The monoisotopic (exact) mass is 524 g/mol. The molecule has 3 atom stereocenters. The van der Waals surface area contributed by atoms with Crippen LogP contribution in [0.25, 0.3) is 10.6 Å². The molecular formula is C24H26F2N2O5S2. The van der Waals surface area contributed by atoms with E-state index in [2.05, 4.69) is 9.88 Å². The molecule has 0 radical (unpaired) electrons. The number of rotatable bonds is 7. The summed E-state index contributed by atoms with van der Waals surface area (Å²) in [5.74, 6) is -5.27. The molecule has 1 unspecified atom stereocenters. The third-order valence-electron chi connectivity index (χ3n) is 5.84. The quantitative estimate of drug-likeness (QED) is 0.421. The second-order valence-electron chi connectivity index (χ2n) is 9.74. The lowest BCUT2D eigenvalue weighted by atomic mass is 10.1. The van der Waals surface area contributed by atoms with Crippen LogP contribution in [0.4, 0.5) is 8.78 Å². The van der Waals surface area contributed by atoms with Gasteiger partial charge in [-0.15, -0.1) is 11.3 Å². The minimum Gasteiger partial charge on any atom is -0.459 e. The van der Waals surface area contributed by atoms with Crippen LogP contribution in [0.15, 0.2) is 57.3 Å². The van der Waals surface area contributed by atoms with Crippen LogP contribution >= 0.6 is 11.3 Å². The van der Waals surface area contributed by atoms with Crippen LogP contribution in [-0.4, -0.2) is 30.7 Å². The SMILES string of the molecule is C[C@H]1C(c2ccccc2)[C@]1(NS(=O)(=O)c1ccc(-c2cc(C(C)(F)F)on2)s1)C(=O)OC(C)(C)C. The second-order valence-corrected chi connectivity index (χ2v) is 12.7. The van der Waals surface area contributed by atoms with E-state index in [-0.39, 0.29) is 15.8 Å². The Hall–Kier alpha value is -2.63. The number of hydrogen-bond donors (Lipinski definition) is 1. The van der Waals surface area contributed by atoms with E-state index < -0.39 is 44.7 Å². The number of aromatic nitrogens is 1. The van der Waals surface area contributed by atoms with Crippen molar-refractivity contribution in [2.75, 3.05) is 0 Å². The Morgan fingerprint density at radius 2 is 1.80 bits per heavy atom. The van der Waals surface area contributed by atoms with Gasteiger partial charge < -0.3 is 9.26 Å². The molecule has 7 nitrogen and oxygen atoms in total. The lowest BCUT2D eigenvalue weighted by Crippen LogP contribution is -2.48. The Morgan fingerprint density at radius 1 is 1.14 bits per heavy atom. The van der Waals surface area contributed by atoms with Crippen molar-refractivity contribution in [1.29, 1.82) is 0 Å². The average Bonchev–Trinajstić information content (AvgIpc) is 3.19. The van der Waals surface area contributed by atoms with Crippen molar-refractivity contribution in [2.45, 2.75) is 61.8 Å². The number of thiophene rings is 1. The molecule has 1 N–H and O–H groups in total. The van der Waals surface area contributed by atoms with Gasteiger partial charge in [-0.1, -0.05) is 42.4 Å². The van der Waals surface area contributed by atoms with Crippen LogP contribution < -0.4 is 4.72 Å². The van der Waals surface area contributed by atoms with Crippen LogP contribution in [-0.2, 0) is 25.5 Å². The molecule has 2 heterocycles. The Morgan fingerprint density at radius 3 is 2.37 bits per heavy atom. The Balaban J connectivity index is 1.66. The van der Waals surface area contributed by atoms with Gasteiger partial charge in [-0.05, 0) is 44.4 Å². The number of nitrogens with one attached hydrogen (secondary N) is 1. The van der Waals surface area contributed by atoms with Crippen LogP contribution in [0.3, 0.4) is 0 Å². The zero-order valence-electron chi connectivity index (χ0n) is 19.8. The third kappa shape index (κ3) is 4.89. The minimum absolute atomic E-state index is 0.0887. The van der Waals surface area contributed by atoms with Crippen LogP contribution in [0.2, 0.25) is 0 Å². The summed E-state index contributed by atoms with van der Waals surface area (Å²) in [4.78, 5) is 13.7. The molecule has 1 aliphatic carbocycles. The number of alkyl halides is 2. The van der Waals surface area contributed by atoms with Crippen molar-refractivity contribution in [3.05, 3.63) is 59.9 Å². The molecule has 2 aromatic heterocycles. The van der Waals surface area contributed by atoms with Crippen LogP contribution in [0.5, 0.6) is 0 Å². The summed E-state index contributed by atoms with van der Waals surface area (Å²) >= 11 is 0.839. The lowest BCUT2D eigenvalue weighted by Gasteiger charge is -2.25. The summed E-state index contributed by atoms with van der Waals surface area (Å²) in [6.45, 7) is 7.63. The number of esters is 1. The highest BCUT2D eigenvalue weighted by atomic mass is 32.2. The van der Waals surface area contributed by atoms with Gasteiger partial charge in [0.05, 0.1) is 4.88 Å². The molecule has 1 aliphatic rings. The van der Waals surface area contributed by atoms with Crippen molar-refractivity contribution in [3.63, 3.8) is 0 Å². The van der Waals surface area contributed by atoms with Crippen molar-refractivity contribution in [2.24, 2.45) is 5.92 Å². The van der Waals surface area contributed by atoms with E-state index in [1.807, 2.05) is 30.3 Å². The maximum atomic E-state index is 13.5. The fourth-order valence-corrected chi connectivity index (χ4v) is 6.83. The van der Waals surface area contributed by atoms with Gasteiger partial charge in [0, 0.05) is 18.9 Å². The average molecular weight is 525 g/mol. The standard InChI is InChI=1S/C24H26F2N2O5S2/c1-14-20(15-9-7-6-8-10-15)24(14,21(29)32-22(2,3)4)28-35(30,31)19-12-11-17(34-19)16-13-18(33-27-16)23(5,25)26/h6-14,20,28H,1-5H3/t14-,20?,24-/m0/s1. The number of carbonyl (C=O) groups excluding carboxylic acids is 1. The zero-order valence-corrected chi connectivity index (χ0v) is 21.5. The highest BCUT2D eigenvalue weighted by Gasteiger charge is 2.71. The fraction of sp³-hybridized carbons (Fsp3) is 0.417. The predicted molar refractivity (Wildman–Crippen MR) is 127 cm³/mol. The van der Waals surface area contributed by atoms with Gasteiger partial charge >= 0.3 is 11.9 Å². The van der Waals surface area contributed by atoms with Gasteiger partial charge in [0.25, 0.3) is 10.0 Å². The second kappa shape index (κ2) is 8.49. The van der Waals surface area contributed by atoms with Gasteiger partial charge in [-0.3, -0.25) is 0 Å². The molecule has 0 spiro atoms. The van der Waals surface area contributed by atoms with E-state index in [0.717, 1.165) is 23.0 Å². The number of benzene rings is 1.